The highest BCUT2D eigenvalue weighted by Gasteiger charge is 2.07. The number of aryl methyl sites for hydroxylation is 1. The van der Waals surface area contributed by atoms with Gasteiger partial charge in [-0.3, -0.25) is 4.79 Å². The quantitative estimate of drug-likeness (QED) is 0.509. The average Bonchev–Trinajstić information content (AvgIpc) is 2.63. The number of allylic oxidation sites excluding steroid dienone is 1. The SMILES string of the molecule is Cc1ccc(C(=O)/C=C(/Nc2ccccc2)c2ccccc2)cc1. The lowest BCUT2D eigenvalue weighted by atomic mass is 10.1. The maximum Gasteiger partial charge on any atom is 0.187 e. The Morgan fingerprint density at radius 2 is 1.33 bits per heavy atom. The number of nitrogens with one attached hydrogen (secondary N) is 1. The molecule has 0 aliphatic heterocycles. The zero-order valence-electron chi connectivity index (χ0n) is 13.6. The molecule has 0 aromatic heterocycles. The molecule has 0 aliphatic rings. The minimum Gasteiger partial charge on any atom is -0.355 e. The molecule has 2 nitrogen and oxygen atoms in total. The highest BCUT2D eigenvalue weighted by Crippen LogP contribution is 2.19. The van der Waals surface area contributed by atoms with Gasteiger partial charge in [-0.2, -0.15) is 0 Å². The van der Waals surface area contributed by atoms with Crippen LogP contribution in [0.25, 0.3) is 5.70 Å². The van der Waals surface area contributed by atoms with Crippen LogP contribution in [0.4, 0.5) is 5.69 Å². The van der Waals surface area contributed by atoms with Gasteiger partial charge in [-0.25, -0.2) is 0 Å². The van der Waals surface area contributed by atoms with Gasteiger partial charge in [-0.1, -0.05) is 78.4 Å². The number of para-hydroxylation sites is 1. The van der Waals surface area contributed by atoms with Crippen molar-refractivity contribution in [1.29, 1.82) is 0 Å². The van der Waals surface area contributed by atoms with Gasteiger partial charge in [0, 0.05) is 23.0 Å². The fourth-order valence-electron chi connectivity index (χ4n) is 2.42. The minimum absolute atomic E-state index is 0.0164. The van der Waals surface area contributed by atoms with Crippen LogP contribution >= 0.6 is 0 Å². The Morgan fingerprint density at radius 1 is 0.750 bits per heavy atom. The largest absolute Gasteiger partial charge is 0.355 e. The predicted molar refractivity (Wildman–Crippen MR) is 100.0 cm³/mol. The molecule has 118 valence electrons. The van der Waals surface area contributed by atoms with E-state index in [4.69, 9.17) is 0 Å². The second kappa shape index (κ2) is 7.42. The van der Waals surface area contributed by atoms with Gasteiger partial charge in [0.1, 0.15) is 0 Å². The lowest BCUT2D eigenvalue weighted by Gasteiger charge is -2.11. The zero-order chi connectivity index (χ0) is 16.8. The van der Waals surface area contributed by atoms with Gasteiger partial charge in [-0.15, -0.1) is 0 Å². The van der Waals surface area contributed by atoms with Crippen molar-refractivity contribution in [2.45, 2.75) is 6.92 Å². The van der Waals surface area contributed by atoms with Crippen molar-refractivity contribution in [2.24, 2.45) is 0 Å². The van der Waals surface area contributed by atoms with Gasteiger partial charge in [0.25, 0.3) is 0 Å². The van der Waals surface area contributed by atoms with Gasteiger partial charge in [0.15, 0.2) is 5.78 Å². The van der Waals surface area contributed by atoms with Crippen LogP contribution in [0.5, 0.6) is 0 Å². The van der Waals surface area contributed by atoms with Crippen LogP contribution in [0.15, 0.2) is 91.0 Å². The molecule has 1 N–H and O–H groups in total. The van der Waals surface area contributed by atoms with Gasteiger partial charge in [0.2, 0.25) is 0 Å². The van der Waals surface area contributed by atoms with Crippen LogP contribution in [0.1, 0.15) is 21.5 Å². The molecule has 0 amide bonds. The molecule has 3 rings (SSSR count). The number of hydrogen-bond donors (Lipinski definition) is 1. The van der Waals surface area contributed by atoms with Crippen LogP contribution in [0.3, 0.4) is 0 Å². The number of ketones is 1. The summed E-state index contributed by atoms with van der Waals surface area (Å²) in [4.78, 5) is 12.6. The lowest BCUT2D eigenvalue weighted by Crippen LogP contribution is -2.03. The Kier molecular flexibility index (Phi) is 4.87. The van der Waals surface area contributed by atoms with E-state index in [1.165, 1.54) is 0 Å². The second-order valence-corrected chi connectivity index (χ2v) is 5.65. The molecule has 0 atom stereocenters. The van der Waals surface area contributed by atoms with Crippen molar-refractivity contribution in [3.05, 3.63) is 108 Å². The van der Waals surface area contributed by atoms with Crippen LogP contribution < -0.4 is 5.32 Å². The van der Waals surface area contributed by atoms with E-state index >= 15 is 0 Å². The second-order valence-electron chi connectivity index (χ2n) is 5.65. The summed E-state index contributed by atoms with van der Waals surface area (Å²) in [7, 11) is 0. The first-order valence-electron chi connectivity index (χ1n) is 7.92. The smallest absolute Gasteiger partial charge is 0.187 e. The van der Waals surface area contributed by atoms with Crippen molar-refractivity contribution in [3.8, 4) is 0 Å². The van der Waals surface area contributed by atoms with Crippen molar-refractivity contribution < 1.29 is 4.79 Å². The summed E-state index contributed by atoms with van der Waals surface area (Å²) >= 11 is 0. The van der Waals surface area contributed by atoms with E-state index in [0.717, 1.165) is 22.5 Å². The van der Waals surface area contributed by atoms with Crippen molar-refractivity contribution in [1.82, 2.24) is 0 Å². The summed E-state index contributed by atoms with van der Waals surface area (Å²) in [6.07, 6.45) is 1.66. The topological polar surface area (TPSA) is 29.1 Å². The highest BCUT2D eigenvalue weighted by molar-refractivity contribution is 6.09. The Morgan fingerprint density at radius 3 is 1.96 bits per heavy atom. The minimum atomic E-state index is -0.0164. The predicted octanol–water partition coefficient (Wildman–Crippen LogP) is 5.33. The van der Waals surface area contributed by atoms with E-state index in [9.17, 15) is 4.79 Å². The standard InChI is InChI=1S/C22H19NO/c1-17-12-14-19(15-13-17)22(24)16-21(18-8-4-2-5-9-18)23-20-10-6-3-7-11-20/h2-16,23H,1H3/b21-16+. The Bertz CT molecular complexity index is 834. The maximum atomic E-state index is 12.6. The van der Waals surface area contributed by atoms with Gasteiger partial charge in [-0.05, 0) is 24.6 Å². The first-order valence-corrected chi connectivity index (χ1v) is 7.92. The van der Waals surface area contributed by atoms with E-state index in [2.05, 4.69) is 5.32 Å². The zero-order valence-corrected chi connectivity index (χ0v) is 13.6. The van der Waals surface area contributed by atoms with E-state index in [1.807, 2.05) is 91.9 Å². The summed E-state index contributed by atoms with van der Waals surface area (Å²) < 4.78 is 0. The van der Waals surface area contributed by atoms with Crippen molar-refractivity contribution >= 4 is 17.2 Å². The van der Waals surface area contributed by atoms with Crippen LogP contribution in [-0.4, -0.2) is 5.78 Å². The summed E-state index contributed by atoms with van der Waals surface area (Å²) in [5.41, 5.74) is 4.53. The molecule has 0 aliphatic carbocycles. The van der Waals surface area contributed by atoms with Gasteiger partial charge in [0.05, 0.1) is 0 Å². The molecule has 2 heteroatoms. The molecule has 0 spiro atoms. The molecular weight excluding hydrogens is 294 g/mol. The number of benzene rings is 3. The molecule has 0 saturated heterocycles. The van der Waals surface area contributed by atoms with Crippen LogP contribution in [0.2, 0.25) is 0 Å². The van der Waals surface area contributed by atoms with E-state index in [-0.39, 0.29) is 5.78 Å². The van der Waals surface area contributed by atoms with E-state index in [1.54, 1.807) is 6.08 Å². The Hall–Kier alpha value is -3.13. The Balaban J connectivity index is 1.94. The third-order valence-corrected chi connectivity index (χ3v) is 3.75. The molecule has 0 saturated carbocycles. The fourth-order valence-corrected chi connectivity index (χ4v) is 2.42. The first-order chi connectivity index (χ1) is 11.7. The van der Waals surface area contributed by atoms with E-state index < -0.39 is 0 Å². The van der Waals surface area contributed by atoms with Crippen molar-refractivity contribution in [2.75, 3.05) is 5.32 Å². The highest BCUT2D eigenvalue weighted by atomic mass is 16.1. The molecule has 0 fully saturated rings. The maximum absolute atomic E-state index is 12.6. The fraction of sp³-hybridized carbons (Fsp3) is 0.0455. The molecule has 3 aromatic carbocycles. The number of carbonyl (C=O) groups is 1. The number of hydrogen-bond acceptors (Lipinski definition) is 2. The molecule has 0 radical (unpaired) electrons. The molecular formula is C22H19NO. The Labute approximate surface area is 142 Å². The van der Waals surface area contributed by atoms with Gasteiger partial charge >= 0.3 is 0 Å². The number of rotatable bonds is 5. The van der Waals surface area contributed by atoms with Crippen LogP contribution in [-0.2, 0) is 0 Å². The number of carbonyl (C=O) groups excluding carboxylic acids is 1. The molecule has 0 unspecified atom stereocenters. The lowest BCUT2D eigenvalue weighted by molar-refractivity contribution is 0.104. The number of anilines is 1. The molecule has 0 heterocycles. The molecule has 0 bridgehead atoms. The average molecular weight is 313 g/mol. The molecule has 3 aromatic rings. The summed E-state index contributed by atoms with van der Waals surface area (Å²) in [5, 5.41) is 3.35. The third-order valence-electron chi connectivity index (χ3n) is 3.75. The summed E-state index contributed by atoms with van der Waals surface area (Å²) in [6, 6.07) is 27.4. The first kappa shape index (κ1) is 15.8. The van der Waals surface area contributed by atoms with E-state index in [0.29, 0.717) is 5.56 Å². The summed E-state index contributed by atoms with van der Waals surface area (Å²) in [5.74, 6) is -0.0164. The molecule has 24 heavy (non-hydrogen) atoms. The summed E-state index contributed by atoms with van der Waals surface area (Å²) in [6.45, 7) is 2.01. The van der Waals surface area contributed by atoms with Gasteiger partial charge < -0.3 is 5.32 Å². The third kappa shape index (κ3) is 3.99. The van der Waals surface area contributed by atoms with Crippen LogP contribution in [0, 0.1) is 6.92 Å². The normalized spacial score (nSPS) is 11.1. The monoisotopic (exact) mass is 313 g/mol. The van der Waals surface area contributed by atoms with Crippen molar-refractivity contribution in [3.63, 3.8) is 0 Å².